The van der Waals surface area contributed by atoms with Crippen LogP contribution in [0.1, 0.15) is 109 Å². The Kier molecular flexibility index (Phi) is 15.2. The maximum Gasteiger partial charge on any atom is 0.310 e. The zero-order valence-corrected chi connectivity index (χ0v) is 28.8. The van der Waals surface area contributed by atoms with Gasteiger partial charge in [0.1, 0.15) is 23.5 Å². The fourth-order valence-corrected chi connectivity index (χ4v) is 6.46. The van der Waals surface area contributed by atoms with E-state index in [1.54, 1.807) is 13.8 Å². The summed E-state index contributed by atoms with van der Waals surface area (Å²) in [5.74, 6) is 1.55. The molecule has 1 aliphatic carbocycles. The van der Waals surface area contributed by atoms with E-state index in [1.807, 2.05) is 60.7 Å². The Morgan fingerprint density at radius 1 is 0.787 bits per heavy atom. The van der Waals surface area contributed by atoms with Gasteiger partial charge < -0.3 is 14.2 Å². The Balaban J connectivity index is 1.16. The van der Waals surface area contributed by atoms with Crippen molar-refractivity contribution >= 4 is 22.5 Å². The molecule has 0 radical (unpaired) electrons. The van der Waals surface area contributed by atoms with Crippen LogP contribution >= 0.6 is 0 Å². The van der Waals surface area contributed by atoms with Gasteiger partial charge >= 0.3 is 5.97 Å². The molecule has 1 fully saturated rings. The Morgan fingerprint density at radius 2 is 1.45 bits per heavy atom. The highest BCUT2D eigenvalue weighted by molar-refractivity contribution is 5.86. The number of fused-ring (bicyclic) bond motifs is 1. The summed E-state index contributed by atoms with van der Waals surface area (Å²) >= 11 is 0. The molecule has 0 spiro atoms. The predicted molar refractivity (Wildman–Crippen MR) is 188 cm³/mol. The number of ether oxygens (including phenoxy) is 3. The minimum atomic E-state index is -0.965. The van der Waals surface area contributed by atoms with E-state index in [0.717, 1.165) is 54.2 Å². The molecule has 47 heavy (non-hydrogen) atoms. The number of hydrogen-bond acceptors (Lipinski definition) is 5. The van der Waals surface area contributed by atoms with Crippen molar-refractivity contribution in [3.8, 4) is 11.5 Å². The second kappa shape index (κ2) is 19.5. The predicted octanol–water partition coefficient (Wildman–Crippen LogP) is 10.5. The number of benzene rings is 3. The van der Waals surface area contributed by atoms with Crippen molar-refractivity contribution in [2.24, 2.45) is 11.8 Å². The molecule has 0 bridgehead atoms. The quantitative estimate of drug-likeness (QED) is 0.0903. The second-order valence-corrected chi connectivity index (χ2v) is 13.6. The third-order valence-corrected chi connectivity index (χ3v) is 9.46. The van der Waals surface area contributed by atoms with Gasteiger partial charge in [0.15, 0.2) is 0 Å². The first-order valence-corrected chi connectivity index (χ1v) is 18.0. The first kappa shape index (κ1) is 36.6. The molecule has 3 aromatic rings. The molecular formula is C41H55FO5. The van der Waals surface area contributed by atoms with Crippen molar-refractivity contribution in [3.05, 3.63) is 71.8 Å². The monoisotopic (exact) mass is 646 g/mol. The third-order valence-electron chi connectivity index (χ3n) is 9.46. The molecule has 1 saturated carbocycles. The van der Waals surface area contributed by atoms with Gasteiger partial charge in [-0.25, -0.2) is 4.39 Å². The molecule has 6 heteroatoms. The van der Waals surface area contributed by atoms with Crippen molar-refractivity contribution < 1.29 is 28.2 Å². The van der Waals surface area contributed by atoms with Crippen LogP contribution < -0.4 is 4.74 Å². The summed E-state index contributed by atoms with van der Waals surface area (Å²) in [6, 6.07) is 19.5. The zero-order valence-electron chi connectivity index (χ0n) is 28.8. The molecule has 0 amide bonds. The summed E-state index contributed by atoms with van der Waals surface area (Å²) in [6.07, 6.45) is 13.1. The molecule has 0 aromatic heterocycles. The fourth-order valence-electron chi connectivity index (χ4n) is 6.46. The number of rotatable bonds is 20. The molecule has 2 unspecified atom stereocenters. The Hall–Kier alpha value is -3.25. The number of carbonyl (C=O) groups is 2. The fraction of sp³-hybridized carbons (Fsp3) is 0.561. The van der Waals surface area contributed by atoms with Crippen LogP contribution in [0, 0.1) is 11.8 Å². The Morgan fingerprint density at radius 3 is 2.19 bits per heavy atom. The van der Waals surface area contributed by atoms with Crippen LogP contribution in [0.2, 0.25) is 0 Å². The molecule has 2 atom stereocenters. The zero-order chi connectivity index (χ0) is 33.4. The maximum absolute atomic E-state index is 13.7. The molecule has 0 aliphatic heterocycles. The third kappa shape index (κ3) is 12.7. The first-order valence-electron chi connectivity index (χ1n) is 18.0. The summed E-state index contributed by atoms with van der Waals surface area (Å²) < 4.78 is 31.3. The normalized spacial score (nSPS) is 17.7. The van der Waals surface area contributed by atoms with E-state index in [2.05, 4.69) is 6.92 Å². The second-order valence-electron chi connectivity index (χ2n) is 13.6. The van der Waals surface area contributed by atoms with E-state index in [1.165, 1.54) is 38.5 Å². The Bertz CT molecular complexity index is 1380. The lowest BCUT2D eigenvalue weighted by Crippen LogP contribution is -2.24. The van der Waals surface area contributed by atoms with Gasteiger partial charge in [0.2, 0.25) is 0 Å². The molecule has 0 N–H and O–H groups in total. The average molecular weight is 647 g/mol. The number of hydrogen-bond donors (Lipinski definition) is 0. The highest BCUT2D eigenvalue weighted by Crippen LogP contribution is 2.30. The molecule has 0 heterocycles. The van der Waals surface area contributed by atoms with E-state index in [4.69, 9.17) is 14.2 Å². The first-order chi connectivity index (χ1) is 22.8. The van der Waals surface area contributed by atoms with Crippen LogP contribution in [0.25, 0.3) is 10.8 Å². The van der Waals surface area contributed by atoms with Gasteiger partial charge in [-0.05, 0) is 90.6 Å². The molecule has 4 rings (SSSR count). The van der Waals surface area contributed by atoms with Crippen LogP contribution in [0.3, 0.4) is 0 Å². The lowest BCUT2D eigenvalue weighted by Gasteiger charge is -2.28. The van der Waals surface area contributed by atoms with Gasteiger partial charge in [0.25, 0.3) is 0 Å². The van der Waals surface area contributed by atoms with E-state index in [-0.39, 0.29) is 24.9 Å². The van der Waals surface area contributed by atoms with Crippen LogP contribution in [-0.4, -0.2) is 37.2 Å². The number of alkyl halides is 1. The topological polar surface area (TPSA) is 61.8 Å². The highest BCUT2D eigenvalue weighted by atomic mass is 19.1. The van der Waals surface area contributed by atoms with Gasteiger partial charge in [-0.15, -0.1) is 0 Å². The van der Waals surface area contributed by atoms with Crippen LogP contribution in [-0.2, 0) is 31.9 Å². The van der Waals surface area contributed by atoms with Crippen molar-refractivity contribution in [2.45, 2.75) is 123 Å². The lowest BCUT2D eigenvalue weighted by atomic mass is 9.83. The number of ketones is 1. The summed E-state index contributed by atoms with van der Waals surface area (Å²) in [4.78, 5) is 25.1. The summed E-state index contributed by atoms with van der Waals surface area (Å²) in [5.41, 5.74) is 1.86. The average Bonchev–Trinajstić information content (AvgIpc) is 3.08. The number of esters is 1. The van der Waals surface area contributed by atoms with Crippen molar-refractivity contribution in [1.29, 1.82) is 0 Å². The van der Waals surface area contributed by atoms with Crippen LogP contribution in [0.4, 0.5) is 4.39 Å². The van der Waals surface area contributed by atoms with Crippen molar-refractivity contribution in [3.63, 3.8) is 0 Å². The minimum Gasteiger partial charge on any atom is -0.465 e. The van der Waals surface area contributed by atoms with E-state index >= 15 is 0 Å². The summed E-state index contributed by atoms with van der Waals surface area (Å²) in [6.45, 7) is 6.77. The molecule has 1 aliphatic rings. The molecule has 3 aromatic carbocycles. The van der Waals surface area contributed by atoms with Crippen LogP contribution in [0.5, 0.6) is 11.5 Å². The Labute approximate surface area is 281 Å². The van der Waals surface area contributed by atoms with Crippen molar-refractivity contribution in [1.82, 2.24) is 0 Å². The minimum absolute atomic E-state index is 0.0931. The summed E-state index contributed by atoms with van der Waals surface area (Å²) in [5, 5.41) is 1.99. The van der Waals surface area contributed by atoms with Gasteiger partial charge in [-0.3, -0.25) is 9.59 Å². The van der Waals surface area contributed by atoms with Gasteiger partial charge in [-0.2, -0.15) is 0 Å². The molecule has 5 nitrogen and oxygen atoms in total. The van der Waals surface area contributed by atoms with Crippen molar-refractivity contribution in [2.75, 3.05) is 13.2 Å². The number of unbranched alkanes of at least 4 members (excludes halogenated alkanes) is 5. The maximum atomic E-state index is 13.7. The number of Topliss-reactive ketones (excluding diaryl/α,β-unsaturated/α-hetero) is 1. The lowest BCUT2D eigenvalue weighted by molar-refractivity contribution is -0.144. The van der Waals surface area contributed by atoms with E-state index in [9.17, 15) is 14.0 Å². The largest absolute Gasteiger partial charge is 0.465 e. The smallest absolute Gasteiger partial charge is 0.310 e. The SMILES string of the molecule is CCCCCCCCOC1CCC(CC(=O)Cc2ccc(Oc3ccc4cc(CC(=O)OCC(C)C(F)CC)ccc4c3)cc2)CC1. The standard InChI is InChI=1S/C41H55FO5/c1-4-6-7-8-9-10-23-45-37-18-12-31(13-19-37)25-36(43)26-32-14-20-38(21-15-32)47-39-22-17-34-24-33(11-16-35(34)28-39)27-41(44)46-29-30(3)40(42)5-2/h11,14-17,20-22,24,28,30-31,37,40H,4-10,12-13,18-19,23,25-27,29H2,1-3H3. The molecule has 256 valence electrons. The van der Waals surface area contributed by atoms with Gasteiger partial charge in [0.05, 0.1) is 19.1 Å². The number of carbonyl (C=O) groups excluding carboxylic acids is 2. The number of halogens is 1. The molecule has 0 saturated heterocycles. The summed E-state index contributed by atoms with van der Waals surface area (Å²) in [7, 11) is 0. The molecular weight excluding hydrogens is 591 g/mol. The van der Waals surface area contributed by atoms with Gasteiger partial charge in [-0.1, -0.05) is 89.3 Å². The van der Waals surface area contributed by atoms with Crippen LogP contribution in [0.15, 0.2) is 60.7 Å². The van der Waals surface area contributed by atoms with E-state index < -0.39 is 6.17 Å². The van der Waals surface area contributed by atoms with E-state index in [0.29, 0.717) is 48.6 Å². The van der Waals surface area contributed by atoms with Gasteiger partial charge in [0, 0.05) is 25.4 Å². The highest BCUT2D eigenvalue weighted by Gasteiger charge is 2.23.